The number of rotatable bonds is 6. The van der Waals surface area contributed by atoms with Crippen LogP contribution in [-0.2, 0) is 11.3 Å². The first kappa shape index (κ1) is 19.9. The molecule has 0 aliphatic heterocycles. The highest BCUT2D eigenvalue weighted by Crippen LogP contribution is 2.18. The van der Waals surface area contributed by atoms with Crippen molar-refractivity contribution in [2.24, 2.45) is 0 Å². The van der Waals surface area contributed by atoms with Gasteiger partial charge in [-0.15, -0.1) is 0 Å². The molecule has 0 bridgehead atoms. The molecular formula is C20H20FN3O3S. The highest BCUT2D eigenvalue weighted by Gasteiger charge is 2.12. The summed E-state index contributed by atoms with van der Waals surface area (Å²) >= 11 is 5.28. The van der Waals surface area contributed by atoms with Crippen LogP contribution in [-0.4, -0.2) is 29.2 Å². The lowest BCUT2D eigenvalue weighted by atomic mass is 10.1. The van der Waals surface area contributed by atoms with Crippen molar-refractivity contribution >= 4 is 34.7 Å². The lowest BCUT2D eigenvalue weighted by molar-refractivity contribution is 0.102. The van der Waals surface area contributed by atoms with Crippen LogP contribution in [0.5, 0.6) is 0 Å². The Morgan fingerprint density at radius 1 is 1.29 bits per heavy atom. The molecule has 0 atom stereocenters. The molecule has 0 saturated carbocycles. The number of hydrogen-bond acceptors (Lipinski definition) is 4. The Morgan fingerprint density at radius 2 is 2.07 bits per heavy atom. The first-order valence-electron chi connectivity index (χ1n) is 8.74. The van der Waals surface area contributed by atoms with Crippen molar-refractivity contribution in [3.05, 3.63) is 68.5 Å². The molecule has 1 amide bonds. The Kier molecular flexibility index (Phi) is 6.01. The summed E-state index contributed by atoms with van der Waals surface area (Å²) in [5.74, 6) is -0.993. The van der Waals surface area contributed by atoms with Crippen LogP contribution < -0.4 is 10.9 Å². The largest absolute Gasteiger partial charge is 0.385 e. The number of anilines is 1. The van der Waals surface area contributed by atoms with Crippen molar-refractivity contribution in [1.82, 2.24) is 9.55 Å². The SMILES string of the molecule is COCCCn1c(=S)[nH]c2cc(C(=O)Nc3cc(C)ccc3F)ccc2c1=O. The quantitative estimate of drug-likeness (QED) is 0.487. The zero-order chi connectivity index (χ0) is 20.3. The van der Waals surface area contributed by atoms with E-state index in [-0.39, 0.29) is 21.6 Å². The second-order valence-electron chi connectivity index (χ2n) is 6.43. The molecule has 0 aliphatic carbocycles. The third-order valence-corrected chi connectivity index (χ3v) is 4.67. The van der Waals surface area contributed by atoms with Crippen LogP contribution >= 0.6 is 12.2 Å². The number of aromatic nitrogens is 2. The van der Waals surface area contributed by atoms with Crippen molar-refractivity contribution in [1.29, 1.82) is 0 Å². The minimum Gasteiger partial charge on any atom is -0.385 e. The molecule has 1 aromatic heterocycles. The number of halogens is 1. The van der Waals surface area contributed by atoms with E-state index in [4.69, 9.17) is 17.0 Å². The molecule has 2 aromatic carbocycles. The molecule has 1 heterocycles. The van der Waals surface area contributed by atoms with Crippen LogP contribution in [0.25, 0.3) is 10.9 Å². The van der Waals surface area contributed by atoms with Gasteiger partial charge < -0.3 is 15.0 Å². The van der Waals surface area contributed by atoms with Crippen LogP contribution in [0.3, 0.4) is 0 Å². The van der Waals surface area contributed by atoms with Crippen molar-refractivity contribution in [2.75, 3.05) is 19.0 Å². The van der Waals surface area contributed by atoms with Gasteiger partial charge in [0.2, 0.25) is 0 Å². The summed E-state index contributed by atoms with van der Waals surface area (Å²) in [6.07, 6.45) is 0.655. The number of aromatic amines is 1. The number of nitrogens with zero attached hydrogens (tertiary/aromatic N) is 1. The van der Waals surface area contributed by atoms with Crippen LogP contribution in [0.2, 0.25) is 0 Å². The molecule has 8 heteroatoms. The number of fused-ring (bicyclic) bond motifs is 1. The molecule has 0 aliphatic rings. The summed E-state index contributed by atoms with van der Waals surface area (Å²) in [5.41, 5.74) is 1.44. The number of nitrogens with one attached hydrogen (secondary N) is 2. The van der Waals surface area contributed by atoms with E-state index in [2.05, 4.69) is 10.3 Å². The molecule has 3 aromatic rings. The molecule has 0 saturated heterocycles. The van der Waals surface area contributed by atoms with Gasteiger partial charge in [-0.25, -0.2) is 4.39 Å². The number of benzene rings is 2. The fourth-order valence-corrected chi connectivity index (χ4v) is 3.18. The number of hydrogen-bond donors (Lipinski definition) is 2. The fraction of sp³-hybridized carbons (Fsp3) is 0.250. The van der Waals surface area contributed by atoms with Crippen molar-refractivity contribution in [2.45, 2.75) is 19.9 Å². The van der Waals surface area contributed by atoms with Crippen molar-refractivity contribution in [3.63, 3.8) is 0 Å². The zero-order valence-corrected chi connectivity index (χ0v) is 16.4. The summed E-state index contributed by atoms with van der Waals surface area (Å²) in [7, 11) is 1.60. The van der Waals surface area contributed by atoms with E-state index in [0.717, 1.165) is 5.56 Å². The number of carbonyl (C=O) groups is 1. The van der Waals surface area contributed by atoms with E-state index >= 15 is 0 Å². The average Bonchev–Trinajstić information content (AvgIpc) is 2.67. The van der Waals surface area contributed by atoms with Gasteiger partial charge in [-0.05, 0) is 61.5 Å². The van der Waals surface area contributed by atoms with E-state index < -0.39 is 11.7 Å². The smallest absolute Gasteiger partial charge is 0.262 e. The predicted octanol–water partition coefficient (Wildman–Crippen LogP) is 3.80. The van der Waals surface area contributed by atoms with Gasteiger partial charge in [-0.3, -0.25) is 14.2 Å². The third-order valence-electron chi connectivity index (χ3n) is 4.34. The summed E-state index contributed by atoms with van der Waals surface area (Å²) in [5, 5.41) is 2.98. The Balaban J connectivity index is 1.93. The fourth-order valence-electron chi connectivity index (χ4n) is 2.90. The van der Waals surface area contributed by atoms with Gasteiger partial charge in [0.1, 0.15) is 5.82 Å². The van der Waals surface area contributed by atoms with E-state index in [1.807, 2.05) is 6.92 Å². The summed E-state index contributed by atoms with van der Waals surface area (Å²) in [4.78, 5) is 28.2. The van der Waals surface area contributed by atoms with Crippen LogP contribution in [0.4, 0.5) is 10.1 Å². The number of aryl methyl sites for hydroxylation is 1. The van der Waals surface area contributed by atoms with E-state index in [0.29, 0.717) is 30.5 Å². The summed E-state index contributed by atoms with van der Waals surface area (Å²) < 4.78 is 20.6. The number of carbonyl (C=O) groups excluding carboxylic acids is 1. The maximum Gasteiger partial charge on any atom is 0.262 e. The van der Waals surface area contributed by atoms with Gasteiger partial charge in [0, 0.05) is 25.8 Å². The second kappa shape index (κ2) is 8.45. The van der Waals surface area contributed by atoms with E-state index in [9.17, 15) is 14.0 Å². The molecule has 6 nitrogen and oxygen atoms in total. The first-order chi connectivity index (χ1) is 13.4. The van der Waals surface area contributed by atoms with E-state index in [1.165, 1.54) is 22.8 Å². The van der Waals surface area contributed by atoms with Crippen LogP contribution in [0.1, 0.15) is 22.3 Å². The number of amides is 1. The number of H-pyrrole nitrogens is 1. The van der Waals surface area contributed by atoms with Gasteiger partial charge in [0.25, 0.3) is 11.5 Å². The molecule has 3 rings (SSSR count). The van der Waals surface area contributed by atoms with Gasteiger partial charge in [-0.2, -0.15) is 0 Å². The molecule has 28 heavy (non-hydrogen) atoms. The lowest BCUT2D eigenvalue weighted by Gasteiger charge is -2.10. The first-order valence-corrected chi connectivity index (χ1v) is 9.15. The summed E-state index contributed by atoms with van der Waals surface area (Å²) in [6.45, 7) is 2.77. The Morgan fingerprint density at radius 3 is 2.82 bits per heavy atom. The lowest BCUT2D eigenvalue weighted by Crippen LogP contribution is -2.23. The molecule has 0 spiro atoms. The summed E-state index contributed by atoms with van der Waals surface area (Å²) in [6, 6.07) is 9.11. The van der Waals surface area contributed by atoms with Crippen LogP contribution in [0, 0.1) is 17.5 Å². The highest BCUT2D eigenvalue weighted by atomic mass is 32.1. The maximum absolute atomic E-state index is 13.9. The average molecular weight is 401 g/mol. The number of methoxy groups -OCH3 is 1. The zero-order valence-electron chi connectivity index (χ0n) is 15.5. The van der Waals surface area contributed by atoms with Gasteiger partial charge >= 0.3 is 0 Å². The minimum absolute atomic E-state index is 0.103. The maximum atomic E-state index is 13.9. The van der Waals surface area contributed by atoms with E-state index in [1.54, 1.807) is 25.3 Å². The number of ether oxygens (including phenoxy) is 1. The Hall–Kier alpha value is -2.84. The van der Waals surface area contributed by atoms with Crippen molar-refractivity contribution in [3.8, 4) is 0 Å². The molecule has 146 valence electrons. The highest BCUT2D eigenvalue weighted by molar-refractivity contribution is 7.71. The molecular weight excluding hydrogens is 381 g/mol. The third kappa shape index (κ3) is 4.18. The Bertz CT molecular complexity index is 1150. The second-order valence-corrected chi connectivity index (χ2v) is 6.82. The monoisotopic (exact) mass is 401 g/mol. The molecule has 0 fully saturated rings. The molecule has 2 N–H and O–H groups in total. The topological polar surface area (TPSA) is 76.1 Å². The van der Waals surface area contributed by atoms with Crippen LogP contribution in [0.15, 0.2) is 41.2 Å². The predicted molar refractivity (Wildman–Crippen MR) is 109 cm³/mol. The normalized spacial score (nSPS) is 11.0. The standard InChI is InChI=1S/C20H20FN3O3S/c1-12-4-7-15(21)17(10-12)22-18(25)13-5-6-14-16(11-13)23-20(28)24(19(14)26)8-3-9-27-2/h4-7,10-11H,3,8-9H2,1-2H3,(H,22,25)(H,23,28). The molecule has 0 unspecified atom stereocenters. The van der Waals surface area contributed by atoms with Gasteiger partial charge in [0.15, 0.2) is 4.77 Å². The van der Waals surface area contributed by atoms with Gasteiger partial charge in [0.05, 0.1) is 16.6 Å². The Labute approximate surface area is 166 Å². The van der Waals surface area contributed by atoms with Crippen molar-refractivity contribution < 1.29 is 13.9 Å². The molecule has 0 radical (unpaired) electrons. The minimum atomic E-state index is -0.516. The van der Waals surface area contributed by atoms with Gasteiger partial charge in [-0.1, -0.05) is 6.07 Å².